The van der Waals surface area contributed by atoms with Crippen LogP contribution in [-0.4, -0.2) is 67.1 Å². The molecule has 1 aliphatic rings. The predicted octanol–water partition coefficient (Wildman–Crippen LogP) is 2.78. The summed E-state index contributed by atoms with van der Waals surface area (Å²) in [5, 5.41) is 7.35. The Morgan fingerprint density at radius 3 is 2.43 bits per heavy atom. The number of likely N-dealkylation sites (N-methyl/N-ethyl adjacent to an activating group) is 1. The van der Waals surface area contributed by atoms with Crippen LogP contribution in [0.3, 0.4) is 0 Å². The maximum atomic E-state index is 5.84. The molecule has 0 spiro atoms. The van der Waals surface area contributed by atoms with Crippen molar-refractivity contribution < 1.29 is 0 Å². The van der Waals surface area contributed by atoms with Crippen LogP contribution in [0, 0.1) is 0 Å². The van der Waals surface area contributed by atoms with E-state index in [-0.39, 0.29) is 0 Å². The average molecular weight is 429 g/mol. The van der Waals surface area contributed by atoms with E-state index in [1.807, 2.05) is 18.3 Å². The molecule has 0 radical (unpaired) electrons. The van der Waals surface area contributed by atoms with E-state index in [4.69, 9.17) is 11.6 Å². The second-order valence-corrected chi connectivity index (χ2v) is 7.96. The summed E-state index contributed by atoms with van der Waals surface area (Å²) >= 11 is 5.84. The summed E-state index contributed by atoms with van der Waals surface area (Å²) in [7, 11) is 1.80. The van der Waals surface area contributed by atoms with Crippen molar-refractivity contribution in [2.45, 2.75) is 26.4 Å². The third-order valence-electron chi connectivity index (χ3n) is 5.59. The lowest BCUT2D eigenvalue weighted by Gasteiger charge is -2.34. The minimum atomic E-state index is 0.523. The lowest BCUT2D eigenvalue weighted by Crippen LogP contribution is -2.45. The van der Waals surface area contributed by atoms with E-state index in [2.05, 4.69) is 61.6 Å². The molecule has 1 saturated heterocycles. The van der Waals surface area contributed by atoms with Gasteiger partial charge in [0.05, 0.1) is 0 Å². The number of nitrogens with zero attached hydrogens (tertiary/aromatic N) is 4. The van der Waals surface area contributed by atoms with Crippen molar-refractivity contribution in [3.63, 3.8) is 0 Å². The highest BCUT2D eigenvalue weighted by Gasteiger charge is 2.16. The van der Waals surface area contributed by atoms with E-state index in [0.717, 1.165) is 70.3 Å². The van der Waals surface area contributed by atoms with Crippen LogP contribution < -0.4 is 10.6 Å². The molecule has 0 aliphatic carbocycles. The zero-order valence-corrected chi connectivity index (χ0v) is 18.8. The summed E-state index contributed by atoms with van der Waals surface area (Å²) in [6.07, 6.45) is 2.68. The Hall–Kier alpha value is -2.15. The van der Waals surface area contributed by atoms with Gasteiger partial charge in [0.2, 0.25) is 0 Å². The molecule has 2 heterocycles. The van der Waals surface area contributed by atoms with Crippen molar-refractivity contribution in [3.05, 3.63) is 64.4 Å². The molecule has 6 nitrogen and oxygen atoms in total. The summed E-state index contributed by atoms with van der Waals surface area (Å²) in [5.41, 5.74) is 3.86. The molecule has 2 aromatic rings. The fourth-order valence-corrected chi connectivity index (χ4v) is 3.78. The van der Waals surface area contributed by atoms with E-state index in [1.165, 1.54) is 11.1 Å². The van der Waals surface area contributed by atoms with Gasteiger partial charge in [-0.15, -0.1) is 0 Å². The highest BCUT2D eigenvalue weighted by atomic mass is 35.5. The number of nitrogens with one attached hydrogen (secondary N) is 2. The molecule has 1 aromatic heterocycles. The number of pyridine rings is 1. The van der Waals surface area contributed by atoms with Gasteiger partial charge in [0.15, 0.2) is 5.96 Å². The van der Waals surface area contributed by atoms with Crippen LogP contribution >= 0.6 is 11.6 Å². The van der Waals surface area contributed by atoms with Gasteiger partial charge in [0, 0.05) is 59.1 Å². The second kappa shape index (κ2) is 11.9. The Morgan fingerprint density at radius 2 is 1.77 bits per heavy atom. The Morgan fingerprint density at radius 1 is 1.03 bits per heavy atom. The number of hydrogen-bond acceptors (Lipinski definition) is 4. The van der Waals surface area contributed by atoms with Crippen molar-refractivity contribution in [1.82, 2.24) is 25.4 Å². The first kappa shape index (κ1) is 22.5. The van der Waals surface area contributed by atoms with Crippen molar-refractivity contribution in [2.24, 2.45) is 4.99 Å². The van der Waals surface area contributed by atoms with Crippen LogP contribution in [0.2, 0.25) is 5.15 Å². The minimum Gasteiger partial charge on any atom is -0.356 e. The lowest BCUT2D eigenvalue weighted by molar-refractivity contribution is 0.131. The maximum absolute atomic E-state index is 5.84. The first-order chi connectivity index (χ1) is 14.7. The minimum absolute atomic E-state index is 0.523. The quantitative estimate of drug-likeness (QED) is 0.384. The topological polar surface area (TPSA) is 55.8 Å². The molecular formula is C23H33ClN6. The van der Waals surface area contributed by atoms with Gasteiger partial charge in [-0.2, -0.15) is 0 Å². The van der Waals surface area contributed by atoms with E-state index < -0.39 is 0 Å². The zero-order chi connectivity index (χ0) is 21.2. The molecule has 3 rings (SSSR count). The number of guanidine groups is 1. The van der Waals surface area contributed by atoms with Crippen molar-refractivity contribution in [1.29, 1.82) is 0 Å². The van der Waals surface area contributed by atoms with Gasteiger partial charge in [-0.25, -0.2) is 4.98 Å². The molecule has 0 amide bonds. The molecule has 2 N–H and O–H groups in total. The fraction of sp³-hybridized carbons (Fsp3) is 0.478. The van der Waals surface area contributed by atoms with Gasteiger partial charge in [0.1, 0.15) is 5.15 Å². The number of piperazine rings is 1. The molecule has 30 heavy (non-hydrogen) atoms. The van der Waals surface area contributed by atoms with E-state index in [0.29, 0.717) is 5.15 Å². The van der Waals surface area contributed by atoms with Crippen LogP contribution in [0.4, 0.5) is 0 Å². The Balaban J connectivity index is 1.47. The highest BCUT2D eigenvalue weighted by molar-refractivity contribution is 6.29. The second-order valence-electron chi connectivity index (χ2n) is 7.57. The first-order valence-electron chi connectivity index (χ1n) is 10.7. The summed E-state index contributed by atoms with van der Waals surface area (Å²) < 4.78 is 0. The van der Waals surface area contributed by atoms with Gasteiger partial charge in [0.25, 0.3) is 0 Å². The number of aliphatic imine (C=N–C) groups is 1. The van der Waals surface area contributed by atoms with Gasteiger partial charge in [-0.1, -0.05) is 48.9 Å². The van der Waals surface area contributed by atoms with Crippen LogP contribution in [0.15, 0.2) is 47.6 Å². The van der Waals surface area contributed by atoms with Crippen molar-refractivity contribution in [2.75, 3.05) is 46.3 Å². The van der Waals surface area contributed by atoms with E-state index in [1.54, 1.807) is 7.05 Å². The summed E-state index contributed by atoms with van der Waals surface area (Å²) in [6.45, 7) is 10.5. The molecular weight excluding hydrogens is 396 g/mol. The summed E-state index contributed by atoms with van der Waals surface area (Å²) in [4.78, 5) is 13.5. The summed E-state index contributed by atoms with van der Waals surface area (Å²) in [5.74, 6) is 0.809. The zero-order valence-electron chi connectivity index (χ0n) is 18.1. The highest BCUT2D eigenvalue weighted by Crippen LogP contribution is 2.13. The third-order valence-corrected chi connectivity index (χ3v) is 5.81. The van der Waals surface area contributed by atoms with Gasteiger partial charge < -0.3 is 15.5 Å². The normalized spacial score (nSPS) is 15.9. The van der Waals surface area contributed by atoms with Crippen LogP contribution in [-0.2, 0) is 19.5 Å². The van der Waals surface area contributed by atoms with Crippen LogP contribution in [0.1, 0.15) is 23.6 Å². The van der Waals surface area contributed by atoms with Crippen molar-refractivity contribution in [3.8, 4) is 0 Å². The molecule has 162 valence electrons. The number of benzene rings is 1. The summed E-state index contributed by atoms with van der Waals surface area (Å²) in [6, 6.07) is 12.5. The van der Waals surface area contributed by atoms with Gasteiger partial charge >= 0.3 is 0 Å². The SMILES string of the molecule is CCN1CCN(Cc2ccccc2CNC(=NC)NCCc2ccc(Cl)nc2)CC1. The Bertz CT molecular complexity index is 800. The molecule has 0 atom stereocenters. The molecule has 0 saturated carbocycles. The van der Waals surface area contributed by atoms with Gasteiger partial charge in [-0.05, 0) is 35.7 Å². The standard InChI is InChI=1S/C23H33ClN6/c1-3-29-12-14-30(15-13-29)18-21-7-5-4-6-20(21)17-28-23(25-2)26-11-10-19-8-9-22(24)27-16-19/h4-9,16H,3,10-15,17-18H2,1-2H3,(H2,25,26,28). The lowest BCUT2D eigenvalue weighted by atomic mass is 10.1. The third kappa shape index (κ3) is 6.97. The van der Waals surface area contributed by atoms with Crippen LogP contribution in [0.5, 0.6) is 0 Å². The molecule has 1 aliphatic heterocycles. The Labute approximate surface area is 185 Å². The average Bonchev–Trinajstić information content (AvgIpc) is 2.79. The molecule has 7 heteroatoms. The number of hydrogen-bond donors (Lipinski definition) is 2. The van der Waals surface area contributed by atoms with Crippen LogP contribution in [0.25, 0.3) is 0 Å². The fourth-order valence-electron chi connectivity index (χ4n) is 3.67. The maximum Gasteiger partial charge on any atom is 0.191 e. The van der Waals surface area contributed by atoms with E-state index in [9.17, 15) is 0 Å². The number of rotatable bonds is 8. The van der Waals surface area contributed by atoms with Crippen molar-refractivity contribution >= 4 is 17.6 Å². The number of aromatic nitrogens is 1. The van der Waals surface area contributed by atoms with Gasteiger partial charge in [-0.3, -0.25) is 9.89 Å². The molecule has 0 unspecified atom stereocenters. The molecule has 1 fully saturated rings. The predicted molar refractivity (Wildman–Crippen MR) is 125 cm³/mol. The monoisotopic (exact) mass is 428 g/mol. The molecule has 0 bridgehead atoms. The smallest absolute Gasteiger partial charge is 0.191 e. The molecule has 1 aromatic carbocycles. The Kier molecular flexibility index (Phi) is 8.93. The van der Waals surface area contributed by atoms with E-state index >= 15 is 0 Å². The largest absolute Gasteiger partial charge is 0.356 e. The number of halogens is 1. The first-order valence-corrected chi connectivity index (χ1v) is 11.1.